The summed E-state index contributed by atoms with van der Waals surface area (Å²) in [6, 6.07) is 12.7. The molecule has 2 aromatic heterocycles. The number of nitrogens with zero attached hydrogens (tertiary/aromatic N) is 4. The first-order chi connectivity index (χ1) is 15.3. The van der Waals surface area contributed by atoms with E-state index in [0.29, 0.717) is 12.5 Å². The van der Waals surface area contributed by atoms with Crippen molar-refractivity contribution in [3.63, 3.8) is 0 Å². The van der Waals surface area contributed by atoms with Crippen molar-refractivity contribution in [3.05, 3.63) is 69.8 Å². The summed E-state index contributed by atoms with van der Waals surface area (Å²) in [4.78, 5) is 11.7. The first kappa shape index (κ1) is 21.5. The van der Waals surface area contributed by atoms with E-state index in [9.17, 15) is 0 Å². The van der Waals surface area contributed by atoms with Crippen LogP contribution in [0.5, 0.6) is 11.6 Å². The molecule has 1 atom stereocenters. The van der Waals surface area contributed by atoms with Crippen molar-refractivity contribution < 1.29 is 9.47 Å². The molecule has 6 nitrogen and oxygen atoms in total. The molecule has 5 rings (SSSR count). The lowest BCUT2D eigenvalue weighted by Crippen LogP contribution is -2.33. The highest BCUT2D eigenvalue weighted by molar-refractivity contribution is 9.10. The number of pyridine rings is 1. The van der Waals surface area contributed by atoms with Gasteiger partial charge in [0.1, 0.15) is 17.0 Å². The molecule has 0 unspecified atom stereocenters. The second-order valence-corrected chi connectivity index (χ2v) is 10.7. The van der Waals surface area contributed by atoms with E-state index in [4.69, 9.17) is 14.5 Å². The lowest BCUT2D eigenvalue weighted by atomic mass is 9.90. The number of aromatic nitrogens is 3. The molecule has 3 aromatic rings. The lowest BCUT2D eigenvalue weighted by molar-refractivity contribution is 0.0845. The van der Waals surface area contributed by atoms with Gasteiger partial charge < -0.3 is 14.0 Å². The molecule has 32 heavy (non-hydrogen) atoms. The summed E-state index contributed by atoms with van der Waals surface area (Å²) in [5.74, 6) is 2.44. The molecule has 0 aliphatic carbocycles. The molecular formula is C25H29BrN4O2. The Morgan fingerprint density at radius 1 is 1.09 bits per heavy atom. The quantitative estimate of drug-likeness (QED) is 0.499. The van der Waals surface area contributed by atoms with Gasteiger partial charge in [-0.2, -0.15) is 0 Å². The molecule has 4 heterocycles. The average molecular weight is 497 g/mol. The Labute approximate surface area is 197 Å². The molecule has 1 aromatic carbocycles. The minimum atomic E-state index is -0.145. The third-order valence-corrected chi connectivity index (χ3v) is 6.52. The van der Waals surface area contributed by atoms with Crippen molar-refractivity contribution in [1.29, 1.82) is 0 Å². The topological polar surface area (TPSA) is 52.4 Å². The Morgan fingerprint density at radius 3 is 2.69 bits per heavy atom. The van der Waals surface area contributed by atoms with Crippen LogP contribution in [0.3, 0.4) is 0 Å². The second kappa shape index (κ2) is 8.52. The van der Waals surface area contributed by atoms with E-state index >= 15 is 0 Å². The number of hydrogen-bond acceptors (Lipinski definition) is 5. The van der Waals surface area contributed by atoms with Crippen molar-refractivity contribution >= 4 is 15.9 Å². The van der Waals surface area contributed by atoms with E-state index in [1.165, 1.54) is 5.56 Å². The Balaban J connectivity index is 1.24. The summed E-state index contributed by atoms with van der Waals surface area (Å²) in [5.41, 5.74) is 3.61. The van der Waals surface area contributed by atoms with Crippen LogP contribution in [0.25, 0.3) is 0 Å². The smallest absolute Gasteiger partial charge is 0.258 e. The van der Waals surface area contributed by atoms with E-state index in [2.05, 4.69) is 75.4 Å². The summed E-state index contributed by atoms with van der Waals surface area (Å²) in [6.45, 7) is 10.9. The van der Waals surface area contributed by atoms with Crippen LogP contribution in [-0.4, -0.2) is 32.6 Å². The van der Waals surface area contributed by atoms with Crippen LogP contribution in [0.4, 0.5) is 0 Å². The van der Waals surface area contributed by atoms with Gasteiger partial charge in [0.15, 0.2) is 11.9 Å². The highest BCUT2D eigenvalue weighted by Crippen LogP contribution is 2.36. The summed E-state index contributed by atoms with van der Waals surface area (Å²) >= 11 is 3.57. The van der Waals surface area contributed by atoms with Gasteiger partial charge in [0.05, 0.1) is 12.7 Å². The summed E-state index contributed by atoms with van der Waals surface area (Å²) in [6.07, 6.45) is 2.64. The zero-order valence-electron chi connectivity index (χ0n) is 18.8. The molecule has 0 saturated heterocycles. The largest absolute Gasteiger partial charge is 0.484 e. The highest BCUT2D eigenvalue weighted by Gasteiger charge is 2.25. The van der Waals surface area contributed by atoms with Crippen molar-refractivity contribution in [2.24, 2.45) is 5.41 Å². The second-order valence-electron chi connectivity index (χ2n) is 9.86. The fraction of sp³-hybridized carbons (Fsp3) is 0.440. The van der Waals surface area contributed by atoms with Crippen molar-refractivity contribution in [2.45, 2.75) is 52.9 Å². The van der Waals surface area contributed by atoms with E-state index in [-0.39, 0.29) is 11.5 Å². The number of fused-ring (bicyclic) bond motifs is 2. The van der Waals surface area contributed by atoms with Crippen LogP contribution < -0.4 is 9.47 Å². The predicted molar refractivity (Wildman–Crippen MR) is 127 cm³/mol. The minimum absolute atomic E-state index is 0.145. The fourth-order valence-electron chi connectivity index (χ4n) is 4.30. The Bertz CT molecular complexity index is 1100. The first-order valence-corrected chi connectivity index (χ1v) is 11.9. The van der Waals surface area contributed by atoms with E-state index in [0.717, 1.165) is 60.0 Å². The van der Waals surface area contributed by atoms with E-state index in [1.807, 2.05) is 18.3 Å². The van der Waals surface area contributed by atoms with Crippen molar-refractivity contribution in [2.75, 3.05) is 13.2 Å². The van der Waals surface area contributed by atoms with Gasteiger partial charge in [0.2, 0.25) is 0 Å². The van der Waals surface area contributed by atoms with Crippen molar-refractivity contribution in [1.82, 2.24) is 19.4 Å². The Morgan fingerprint density at radius 2 is 1.91 bits per heavy atom. The zero-order chi connectivity index (χ0) is 22.3. The number of hydrogen-bond donors (Lipinski definition) is 0. The molecule has 2 aliphatic heterocycles. The maximum absolute atomic E-state index is 6.24. The molecule has 0 fully saturated rings. The van der Waals surface area contributed by atoms with Gasteiger partial charge in [-0.05, 0) is 51.0 Å². The van der Waals surface area contributed by atoms with Gasteiger partial charge in [-0.25, -0.2) is 9.97 Å². The monoisotopic (exact) mass is 496 g/mol. The maximum Gasteiger partial charge on any atom is 0.258 e. The summed E-state index contributed by atoms with van der Waals surface area (Å²) in [7, 11) is 0. The molecule has 168 valence electrons. The van der Waals surface area contributed by atoms with Crippen LogP contribution in [0.15, 0.2) is 47.2 Å². The van der Waals surface area contributed by atoms with Gasteiger partial charge in [0, 0.05) is 25.3 Å². The van der Waals surface area contributed by atoms with E-state index in [1.54, 1.807) is 0 Å². The average Bonchev–Trinajstić information content (AvgIpc) is 3.13. The summed E-state index contributed by atoms with van der Waals surface area (Å²) in [5, 5.41) is 0. The van der Waals surface area contributed by atoms with Gasteiger partial charge in [0.25, 0.3) is 5.88 Å². The zero-order valence-corrected chi connectivity index (χ0v) is 20.4. The van der Waals surface area contributed by atoms with Crippen LogP contribution in [0, 0.1) is 5.41 Å². The number of halogens is 1. The first-order valence-electron chi connectivity index (χ1n) is 11.1. The molecule has 0 spiro atoms. The number of benzene rings is 1. The maximum atomic E-state index is 6.24. The molecule has 0 saturated carbocycles. The highest BCUT2D eigenvalue weighted by atomic mass is 79.9. The predicted octanol–water partition coefficient (Wildman–Crippen LogP) is 5.16. The normalized spacial score (nSPS) is 18.4. The molecule has 7 heteroatoms. The van der Waals surface area contributed by atoms with Crippen molar-refractivity contribution in [3.8, 4) is 11.6 Å². The third kappa shape index (κ3) is 4.69. The molecule has 2 aliphatic rings. The fourth-order valence-corrected chi connectivity index (χ4v) is 4.79. The van der Waals surface area contributed by atoms with Gasteiger partial charge in [-0.1, -0.05) is 45.0 Å². The standard InChI is InChI=1S/C25H29BrN4O2/c1-25(2,3)12-19-8-9-20-24(28-19)32-21(16-31-20)18-6-4-17(5-7-18)14-29-10-11-30-22(26)13-27-23(30)15-29/h4-9,13,21H,10-12,14-16H2,1-3H3/t21-/m1/s1. The van der Waals surface area contributed by atoms with Crippen LogP contribution in [-0.2, 0) is 26.1 Å². The van der Waals surface area contributed by atoms with Gasteiger partial charge in [-0.3, -0.25) is 4.90 Å². The molecule has 0 bridgehead atoms. The number of imidazole rings is 1. The SMILES string of the molecule is CC(C)(C)Cc1ccc2c(n1)O[C@@H](c1ccc(CN3CCn4c(Br)cnc4C3)cc1)CO2. The lowest BCUT2D eigenvalue weighted by Gasteiger charge is -2.28. The Hall–Kier alpha value is -2.38. The van der Waals surface area contributed by atoms with Gasteiger partial charge >= 0.3 is 0 Å². The van der Waals surface area contributed by atoms with E-state index < -0.39 is 0 Å². The van der Waals surface area contributed by atoms with Crippen LogP contribution >= 0.6 is 15.9 Å². The Kier molecular flexibility index (Phi) is 5.72. The van der Waals surface area contributed by atoms with Crippen LogP contribution in [0.2, 0.25) is 0 Å². The third-order valence-electron chi connectivity index (χ3n) is 5.89. The number of ether oxygens (including phenoxy) is 2. The van der Waals surface area contributed by atoms with Crippen LogP contribution in [0.1, 0.15) is 49.5 Å². The molecule has 0 N–H and O–H groups in total. The summed E-state index contributed by atoms with van der Waals surface area (Å²) < 4.78 is 15.5. The molecule has 0 amide bonds. The number of rotatable bonds is 4. The molecule has 0 radical (unpaired) electrons. The van der Waals surface area contributed by atoms with Gasteiger partial charge in [-0.15, -0.1) is 0 Å². The minimum Gasteiger partial charge on any atom is -0.484 e. The molecular weight excluding hydrogens is 468 g/mol.